The van der Waals surface area contributed by atoms with Crippen LogP contribution < -0.4 is 9.47 Å². The molecule has 0 N–H and O–H groups in total. The van der Waals surface area contributed by atoms with Gasteiger partial charge in [-0.25, -0.2) is 0 Å². The average molecular weight is 424 g/mol. The molecule has 0 unspecified atom stereocenters. The molecule has 2 aliphatic heterocycles. The SMILES string of the molecule is COc1ccc([C@@H]2CCCN2C(=O)[C@H](C)N2C(=O)[C@@H]3[C@H](C2=O)[C@H]2C=C[C@H]3C2)cc1OC. The van der Waals surface area contributed by atoms with E-state index in [-0.39, 0.29) is 47.4 Å². The van der Waals surface area contributed by atoms with Crippen LogP contribution in [0.25, 0.3) is 0 Å². The highest BCUT2D eigenvalue weighted by molar-refractivity contribution is 6.09. The van der Waals surface area contributed by atoms with E-state index in [0.717, 1.165) is 24.8 Å². The summed E-state index contributed by atoms with van der Waals surface area (Å²) in [5, 5.41) is 0. The monoisotopic (exact) mass is 424 g/mol. The molecule has 2 aliphatic carbocycles. The van der Waals surface area contributed by atoms with Crippen LogP contribution in [0.3, 0.4) is 0 Å². The third kappa shape index (κ3) is 2.89. The predicted octanol–water partition coefficient (Wildman–Crippen LogP) is 2.56. The van der Waals surface area contributed by atoms with Gasteiger partial charge >= 0.3 is 0 Å². The molecule has 2 saturated heterocycles. The minimum Gasteiger partial charge on any atom is -0.493 e. The number of hydrogen-bond acceptors (Lipinski definition) is 5. The molecule has 3 fully saturated rings. The summed E-state index contributed by atoms with van der Waals surface area (Å²) in [4.78, 5) is 42.8. The Morgan fingerprint density at radius 3 is 2.29 bits per heavy atom. The zero-order chi connectivity index (χ0) is 21.9. The zero-order valence-electron chi connectivity index (χ0n) is 18.1. The van der Waals surface area contributed by atoms with Crippen molar-refractivity contribution in [2.45, 2.75) is 38.3 Å². The molecule has 164 valence electrons. The van der Waals surface area contributed by atoms with E-state index in [9.17, 15) is 14.4 Å². The fourth-order valence-electron chi connectivity index (χ4n) is 6.09. The van der Waals surface area contributed by atoms with Gasteiger partial charge in [-0.2, -0.15) is 0 Å². The first kappa shape index (κ1) is 20.1. The van der Waals surface area contributed by atoms with Gasteiger partial charge in [0, 0.05) is 6.54 Å². The molecule has 0 aromatic heterocycles. The summed E-state index contributed by atoms with van der Waals surface area (Å²) in [6.07, 6.45) is 6.73. The first-order valence-electron chi connectivity index (χ1n) is 11.0. The molecular weight excluding hydrogens is 396 g/mol. The summed E-state index contributed by atoms with van der Waals surface area (Å²) >= 11 is 0. The Kier molecular flexibility index (Phi) is 4.79. The van der Waals surface area contributed by atoms with E-state index in [0.29, 0.717) is 18.0 Å². The van der Waals surface area contributed by atoms with E-state index >= 15 is 0 Å². The minimum absolute atomic E-state index is 0.111. The predicted molar refractivity (Wildman–Crippen MR) is 112 cm³/mol. The lowest BCUT2D eigenvalue weighted by molar-refractivity contribution is -0.152. The molecule has 3 amide bonds. The Morgan fingerprint density at radius 1 is 1.03 bits per heavy atom. The van der Waals surface area contributed by atoms with Crippen LogP contribution in [0.1, 0.15) is 37.8 Å². The van der Waals surface area contributed by atoms with Crippen LogP contribution in [0.15, 0.2) is 30.4 Å². The second-order valence-corrected chi connectivity index (χ2v) is 9.03. The van der Waals surface area contributed by atoms with E-state index in [2.05, 4.69) is 12.2 Å². The molecule has 1 aromatic rings. The molecule has 7 nitrogen and oxygen atoms in total. The van der Waals surface area contributed by atoms with Gasteiger partial charge in [0.15, 0.2) is 11.5 Å². The summed E-state index contributed by atoms with van der Waals surface area (Å²) in [5.41, 5.74) is 0.967. The highest BCUT2D eigenvalue weighted by Gasteiger charge is 2.60. The van der Waals surface area contributed by atoms with Crippen molar-refractivity contribution in [3.63, 3.8) is 0 Å². The maximum atomic E-state index is 13.5. The summed E-state index contributed by atoms with van der Waals surface area (Å²) in [7, 11) is 3.18. The number of carbonyl (C=O) groups excluding carboxylic acids is 3. The molecule has 1 saturated carbocycles. The van der Waals surface area contributed by atoms with Gasteiger partial charge in [-0.1, -0.05) is 18.2 Å². The van der Waals surface area contributed by atoms with Crippen molar-refractivity contribution in [3.8, 4) is 11.5 Å². The Morgan fingerprint density at radius 2 is 1.68 bits per heavy atom. The van der Waals surface area contributed by atoms with Crippen LogP contribution >= 0.6 is 0 Å². The molecule has 31 heavy (non-hydrogen) atoms. The van der Waals surface area contributed by atoms with Crippen LogP contribution in [0, 0.1) is 23.7 Å². The van der Waals surface area contributed by atoms with E-state index in [1.54, 1.807) is 21.1 Å². The van der Waals surface area contributed by atoms with Gasteiger partial charge in [-0.3, -0.25) is 19.3 Å². The normalized spacial score (nSPS) is 32.0. The van der Waals surface area contributed by atoms with E-state index in [4.69, 9.17) is 9.47 Å². The standard InChI is InChI=1S/C24H28N2O5/c1-13(26-23(28)20-15-6-7-16(11-15)21(20)24(26)29)22(27)25-10-4-5-17(25)14-8-9-18(30-2)19(12-14)31-3/h6-9,12-13,15-17,20-21H,4-5,10-11H2,1-3H3/t13-,15-,16-,17-,20-,21+/m0/s1. The zero-order valence-corrected chi connectivity index (χ0v) is 18.1. The molecule has 1 aromatic carbocycles. The molecule has 7 heteroatoms. The van der Waals surface area contributed by atoms with Gasteiger partial charge < -0.3 is 14.4 Å². The number of imide groups is 1. The maximum absolute atomic E-state index is 13.5. The second-order valence-electron chi connectivity index (χ2n) is 9.03. The number of fused-ring (bicyclic) bond motifs is 5. The summed E-state index contributed by atoms with van der Waals surface area (Å²) in [6, 6.07) is 4.79. The highest BCUT2D eigenvalue weighted by Crippen LogP contribution is 2.53. The van der Waals surface area contributed by atoms with Gasteiger partial charge in [0.1, 0.15) is 6.04 Å². The Hall–Kier alpha value is -2.83. The van der Waals surface area contributed by atoms with Crippen LogP contribution in [-0.2, 0) is 14.4 Å². The number of benzene rings is 1. The fourth-order valence-corrected chi connectivity index (χ4v) is 6.09. The van der Waals surface area contributed by atoms with Crippen molar-refractivity contribution in [1.29, 1.82) is 0 Å². The maximum Gasteiger partial charge on any atom is 0.246 e. The van der Waals surface area contributed by atoms with Crippen molar-refractivity contribution < 1.29 is 23.9 Å². The number of ether oxygens (including phenoxy) is 2. The number of nitrogens with zero attached hydrogens (tertiary/aromatic N) is 2. The molecule has 5 rings (SSSR count). The van der Waals surface area contributed by atoms with Crippen molar-refractivity contribution in [2.24, 2.45) is 23.7 Å². The van der Waals surface area contributed by atoms with Crippen molar-refractivity contribution in [1.82, 2.24) is 9.80 Å². The van der Waals surface area contributed by atoms with Gasteiger partial charge in [0.25, 0.3) is 0 Å². The highest BCUT2D eigenvalue weighted by atomic mass is 16.5. The van der Waals surface area contributed by atoms with E-state index in [1.807, 2.05) is 23.1 Å². The number of hydrogen-bond donors (Lipinski definition) is 0. The lowest BCUT2D eigenvalue weighted by atomic mass is 9.85. The molecule has 2 bridgehead atoms. The first-order chi connectivity index (χ1) is 15.0. The van der Waals surface area contributed by atoms with Gasteiger partial charge in [0.2, 0.25) is 17.7 Å². The molecule has 4 aliphatic rings. The third-order valence-corrected chi connectivity index (χ3v) is 7.58. The molecular formula is C24H28N2O5. The smallest absolute Gasteiger partial charge is 0.246 e. The van der Waals surface area contributed by atoms with Crippen molar-refractivity contribution in [2.75, 3.05) is 20.8 Å². The van der Waals surface area contributed by atoms with E-state index in [1.165, 1.54) is 4.90 Å². The number of methoxy groups -OCH3 is 2. The minimum atomic E-state index is -0.786. The molecule has 6 atom stereocenters. The summed E-state index contributed by atoms with van der Waals surface area (Å²) < 4.78 is 10.7. The number of allylic oxidation sites excluding steroid dienone is 2. The fraction of sp³-hybridized carbons (Fsp3) is 0.542. The number of likely N-dealkylation sites (tertiary alicyclic amines) is 2. The van der Waals surface area contributed by atoms with Crippen LogP contribution in [0.4, 0.5) is 0 Å². The summed E-state index contributed by atoms with van der Waals surface area (Å²) in [6.45, 7) is 2.30. The Balaban J connectivity index is 1.37. The largest absolute Gasteiger partial charge is 0.493 e. The van der Waals surface area contributed by atoms with Crippen LogP contribution in [0.2, 0.25) is 0 Å². The number of carbonyl (C=O) groups is 3. The molecule has 0 spiro atoms. The van der Waals surface area contributed by atoms with Gasteiger partial charge in [-0.15, -0.1) is 0 Å². The van der Waals surface area contributed by atoms with Gasteiger partial charge in [-0.05, 0) is 55.7 Å². The van der Waals surface area contributed by atoms with Crippen molar-refractivity contribution in [3.05, 3.63) is 35.9 Å². The Labute approximate surface area is 182 Å². The quantitative estimate of drug-likeness (QED) is 0.536. The van der Waals surface area contributed by atoms with Crippen LogP contribution in [0.5, 0.6) is 11.5 Å². The number of amides is 3. The van der Waals surface area contributed by atoms with Gasteiger partial charge in [0.05, 0.1) is 32.1 Å². The topological polar surface area (TPSA) is 76.2 Å². The first-order valence-corrected chi connectivity index (χ1v) is 11.0. The lowest BCUT2D eigenvalue weighted by Gasteiger charge is -2.31. The average Bonchev–Trinajstić information content (AvgIpc) is 3.56. The molecule has 0 radical (unpaired) electrons. The van der Waals surface area contributed by atoms with Crippen molar-refractivity contribution >= 4 is 17.7 Å². The van der Waals surface area contributed by atoms with E-state index < -0.39 is 6.04 Å². The Bertz CT molecular complexity index is 943. The van der Waals surface area contributed by atoms with Crippen LogP contribution in [-0.4, -0.2) is 54.3 Å². The molecule has 2 heterocycles. The lowest BCUT2D eigenvalue weighted by Crippen LogP contribution is -2.50. The summed E-state index contributed by atoms with van der Waals surface area (Å²) in [5.74, 6) is 0.473. The third-order valence-electron chi connectivity index (χ3n) is 7.58. The second kappa shape index (κ2) is 7.39. The number of rotatable bonds is 5.